The third-order valence-corrected chi connectivity index (χ3v) is 7.36. The van der Waals surface area contributed by atoms with Crippen molar-refractivity contribution in [1.29, 1.82) is 0 Å². The summed E-state index contributed by atoms with van der Waals surface area (Å²) in [6.45, 7) is 0. The maximum atomic E-state index is 14.0. The van der Waals surface area contributed by atoms with E-state index in [0.29, 0.717) is 62.6 Å². The van der Waals surface area contributed by atoms with E-state index in [0.717, 1.165) is 0 Å². The third-order valence-electron chi connectivity index (χ3n) is 6.14. The van der Waals surface area contributed by atoms with Crippen LogP contribution in [0.5, 0.6) is 51.7 Å². The number of carbonyl (C=O) groups excluding carboxylic acids is 1. The molecule has 0 aliphatic carbocycles. The number of benzene rings is 5. The molecule has 0 fully saturated rings. The Hall–Kier alpha value is -4.40. The Morgan fingerprint density at radius 3 is 1.28 bits per heavy atom. The van der Waals surface area contributed by atoms with E-state index in [9.17, 15) is 4.79 Å². The Balaban J connectivity index is 0.00000423. The smallest absolute Gasteiger partial charge is 0.193 e. The molecule has 0 bridgehead atoms. The zero-order chi connectivity index (χ0) is 29.3. The predicted molar refractivity (Wildman–Crippen MR) is 170 cm³/mol. The second-order valence-electron chi connectivity index (χ2n) is 8.90. The average Bonchev–Trinajstić information content (AvgIpc) is 3.03. The molecule has 0 aliphatic heterocycles. The molecular weight excluding hydrogens is 558 g/mol. The fourth-order valence-electron chi connectivity index (χ4n) is 4.17. The number of methoxy groups -OCH3 is 3. The minimum Gasteiger partial charge on any atom is -0.496 e. The SMILES string of the molecule is COc1cc(OC)c(C(=O)Pc2c(Oc3ccccc3)cc(Oc3ccccc3)cc2Oc2ccccc2)c(OC)c1.[Li]. The van der Waals surface area contributed by atoms with Crippen LogP contribution in [-0.2, 0) is 0 Å². The number of ether oxygens (including phenoxy) is 6. The van der Waals surface area contributed by atoms with Crippen LogP contribution in [0.15, 0.2) is 115 Å². The van der Waals surface area contributed by atoms with Crippen LogP contribution >= 0.6 is 8.58 Å². The van der Waals surface area contributed by atoms with Crippen molar-refractivity contribution >= 4 is 38.3 Å². The topological polar surface area (TPSA) is 72.5 Å². The molecule has 5 rings (SSSR count). The molecule has 9 heteroatoms. The average molecular weight is 588 g/mol. The van der Waals surface area contributed by atoms with Crippen molar-refractivity contribution in [2.45, 2.75) is 0 Å². The van der Waals surface area contributed by atoms with Crippen molar-refractivity contribution in [3.63, 3.8) is 0 Å². The Morgan fingerprint density at radius 2 is 0.884 bits per heavy atom. The van der Waals surface area contributed by atoms with Gasteiger partial charge in [0.2, 0.25) is 0 Å². The molecule has 0 saturated heterocycles. The van der Waals surface area contributed by atoms with Crippen molar-refractivity contribution in [2.75, 3.05) is 21.3 Å². The van der Waals surface area contributed by atoms with Gasteiger partial charge in [0, 0.05) is 43.1 Å². The quantitative estimate of drug-likeness (QED) is 0.109. The molecule has 1 unspecified atom stereocenters. The minimum atomic E-state index is -0.428. The van der Waals surface area contributed by atoms with Gasteiger partial charge in [-0.15, -0.1) is 0 Å². The molecular formula is C34H29LiO7P. The molecule has 0 amide bonds. The van der Waals surface area contributed by atoms with Crippen molar-refractivity contribution in [3.8, 4) is 51.7 Å². The molecule has 5 aromatic carbocycles. The van der Waals surface area contributed by atoms with Crippen LogP contribution in [0.1, 0.15) is 10.4 Å². The summed E-state index contributed by atoms with van der Waals surface area (Å²) in [6, 6.07) is 34.9. The number of hydrogen-bond donors (Lipinski definition) is 0. The van der Waals surface area contributed by atoms with Gasteiger partial charge in [0.15, 0.2) is 5.52 Å². The van der Waals surface area contributed by atoms with Gasteiger partial charge >= 0.3 is 0 Å². The van der Waals surface area contributed by atoms with Crippen molar-refractivity contribution in [3.05, 3.63) is 121 Å². The molecule has 43 heavy (non-hydrogen) atoms. The molecule has 0 spiro atoms. The molecule has 1 atom stereocenters. The van der Waals surface area contributed by atoms with Crippen LogP contribution in [0.25, 0.3) is 0 Å². The van der Waals surface area contributed by atoms with Crippen LogP contribution in [0.3, 0.4) is 0 Å². The molecule has 0 N–H and O–H groups in total. The van der Waals surface area contributed by atoms with Gasteiger partial charge in [-0.1, -0.05) is 54.6 Å². The summed E-state index contributed by atoms with van der Waals surface area (Å²) >= 11 is 0. The largest absolute Gasteiger partial charge is 0.496 e. The summed E-state index contributed by atoms with van der Waals surface area (Å²) in [4.78, 5) is 14.0. The normalized spacial score (nSPS) is 10.5. The minimum absolute atomic E-state index is 0. The standard InChI is InChI=1S/C34H29O7P.Li/c1-36-26-19-28(37-2)32(29(20-26)38-3)34(35)42-33-30(40-24-15-9-5-10-16-24)21-27(39-23-13-7-4-8-14-23)22-31(33)41-25-17-11-6-12-18-25;/h4-22,42H,1-3H3;. The van der Waals surface area contributed by atoms with Gasteiger partial charge in [-0.05, 0) is 45.0 Å². The van der Waals surface area contributed by atoms with Crippen LogP contribution in [0.4, 0.5) is 0 Å². The van der Waals surface area contributed by atoms with E-state index in [4.69, 9.17) is 28.4 Å². The summed E-state index contributed by atoms with van der Waals surface area (Å²) in [5, 5.41) is 0.549. The maximum Gasteiger partial charge on any atom is 0.193 e. The van der Waals surface area contributed by atoms with Gasteiger partial charge in [-0.2, -0.15) is 0 Å². The predicted octanol–water partition coefficient (Wildman–Crippen LogP) is 7.85. The zero-order valence-electron chi connectivity index (χ0n) is 24.3. The number of hydrogen-bond acceptors (Lipinski definition) is 7. The number of rotatable bonds is 12. The van der Waals surface area contributed by atoms with E-state index in [1.165, 1.54) is 21.3 Å². The van der Waals surface area contributed by atoms with E-state index >= 15 is 0 Å². The van der Waals surface area contributed by atoms with Gasteiger partial charge in [0.25, 0.3) is 0 Å². The number of carbonyl (C=O) groups is 1. The van der Waals surface area contributed by atoms with Gasteiger partial charge < -0.3 is 28.4 Å². The van der Waals surface area contributed by atoms with Gasteiger partial charge in [0.1, 0.15) is 57.3 Å². The van der Waals surface area contributed by atoms with Crippen LogP contribution < -0.4 is 33.7 Å². The van der Waals surface area contributed by atoms with Crippen LogP contribution in [0.2, 0.25) is 0 Å². The van der Waals surface area contributed by atoms with E-state index in [2.05, 4.69) is 0 Å². The van der Waals surface area contributed by atoms with Gasteiger partial charge in [-0.3, -0.25) is 4.79 Å². The third kappa shape index (κ3) is 7.91. The summed E-state index contributed by atoms with van der Waals surface area (Å²) in [5.74, 6) is 4.33. The van der Waals surface area contributed by atoms with Crippen LogP contribution in [-0.4, -0.2) is 45.7 Å². The maximum absolute atomic E-state index is 14.0. The first-order chi connectivity index (χ1) is 20.6. The fourth-order valence-corrected chi connectivity index (χ4v) is 5.26. The summed E-state index contributed by atoms with van der Waals surface area (Å²) in [6.07, 6.45) is 0. The van der Waals surface area contributed by atoms with Gasteiger partial charge in [-0.25, -0.2) is 0 Å². The molecule has 213 valence electrons. The molecule has 7 nitrogen and oxygen atoms in total. The zero-order valence-corrected chi connectivity index (χ0v) is 25.3. The Bertz CT molecular complexity index is 1560. The first-order valence-electron chi connectivity index (χ1n) is 13.1. The monoisotopic (exact) mass is 587 g/mol. The summed E-state index contributed by atoms with van der Waals surface area (Å²) in [5.41, 5.74) is 0.0546. The molecule has 0 saturated carbocycles. The number of para-hydroxylation sites is 3. The summed E-state index contributed by atoms with van der Waals surface area (Å²) in [7, 11) is 4.11. The first-order valence-corrected chi connectivity index (χ1v) is 14.1. The molecule has 0 aliphatic rings. The van der Waals surface area contributed by atoms with E-state index in [1.807, 2.05) is 91.0 Å². The van der Waals surface area contributed by atoms with E-state index in [1.54, 1.807) is 24.3 Å². The second-order valence-corrected chi connectivity index (χ2v) is 10.1. The van der Waals surface area contributed by atoms with Crippen molar-refractivity contribution in [1.82, 2.24) is 0 Å². The Morgan fingerprint density at radius 1 is 0.488 bits per heavy atom. The van der Waals surface area contributed by atoms with E-state index < -0.39 is 8.58 Å². The Kier molecular flexibility index (Phi) is 11.1. The summed E-state index contributed by atoms with van der Waals surface area (Å²) < 4.78 is 35.4. The van der Waals surface area contributed by atoms with E-state index in [-0.39, 0.29) is 24.4 Å². The molecule has 5 aromatic rings. The molecule has 0 heterocycles. The van der Waals surface area contributed by atoms with Crippen LogP contribution in [0, 0.1) is 0 Å². The van der Waals surface area contributed by atoms with Crippen molar-refractivity contribution in [2.24, 2.45) is 0 Å². The first kappa shape index (κ1) is 31.5. The fraction of sp³-hybridized carbons (Fsp3) is 0.0882. The van der Waals surface area contributed by atoms with Gasteiger partial charge in [0.05, 0.1) is 26.6 Å². The molecule has 0 aromatic heterocycles. The second kappa shape index (κ2) is 15.2. The molecule has 1 radical (unpaired) electrons. The van der Waals surface area contributed by atoms with Crippen molar-refractivity contribution < 1.29 is 33.2 Å². The Labute approximate surface area is 264 Å².